The monoisotopic (exact) mass is 416 g/mol. The Morgan fingerprint density at radius 3 is 1.55 bits per heavy atom. The number of hydrogen-bond donors (Lipinski definition) is 8. The summed E-state index contributed by atoms with van der Waals surface area (Å²) in [6.45, 7) is -0.505. The van der Waals surface area contributed by atoms with Gasteiger partial charge in [0.2, 0.25) is 5.91 Å². The molecule has 0 saturated carbocycles. The highest BCUT2D eigenvalue weighted by Crippen LogP contribution is 2.01. The molecule has 1 aromatic rings. The molecule has 0 fully saturated rings. The lowest BCUT2D eigenvalue weighted by Gasteiger charge is -2.04. The van der Waals surface area contributed by atoms with Gasteiger partial charge in [-0.2, -0.15) is 0 Å². The molecule has 0 aromatic heterocycles. The van der Waals surface area contributed by atoms with Crippen LogP contribution in [0.2, 0.25) is 0 Å². The molecule has 12 N–H and O–H groups in total. The van der Waals surface area contributed by atoms with E-state index in [1.54, 1.807) is 0 Å². The summed E-state index contributed by atoms with van der Waals surface area (Å²) in [4.78, 5) is 40.2. The molecule has 3 unspecified atom stereocenters. The van der Waals surface area contributed by atoms with Crippen molar-refractivity contribution in [1.29, 1.82) is 0 Å². The number of carbonyl (C=O) groups is 4. The van der Waals surface area contributed by atoms with Crippen LogP contribution in [0.5, 0.6) is 0 Å². The van der Waals surface area contributed by atoms with Gasteiger partial charge in [-0.25, -0.2) is 0 Å². The maximum absolute atomic E-state index is 10.4. The van der Waals surface area contributed by atoms with Gasteiger partial charge in [-0.3, -0.25) is 19.2 Å². The van der Waals surface area contributed by atoms with Gasteiger partial charge in [-0.05, 0) is 18.4 Å². The largest absolute Gasteiger partial charge is 0.480 e. The quantitative estimate of drug-likeness (QED) is 0.212. The van der Waals surface area contributed by atoms with E-state index in [9.17, 15) is 19.2 Å². The second kappa shape index (κ2) is 15.9. The lowest BCUT2D eigenvalue weighted by Crippen LogP contribution is -2.33. The maximum Gasteiger partial charge on any atom is 0.322 e. The first-order valence-electron chi connectivity index (χ1n) is 8.30. The summed E-state index contributed by atoms with van der Waals surface area (Å²) in [7, 11) is 0. The highest BCUT2D eigenvalue weighted by molar-refractivity contribution is 5.77. The Balaban J connectivity index is 0. The van der Waals surface area contributed by atoms with Gasteiger partial charge in [-0.15, -0.1) is 0 Å². The number of carboxylic acids is 3. The second-order valence-electron chi connectivity index (χ2n) is 5.71. The summed E-state index contributed by atoms with van der Waals surface area (Å²) < 4.78 is 0. The Morgan fingerprint density at radius 1 is 0.793 bits per heavy atom. The van der Waals surface area contributed by atoms with E-state index in [1.807, 2.05) is 30.3 Å². The van der Waals surface area contributed by atoms with Crippen molar-refractivity contribution in [3.8, 4) is 0 Å². The molecule has 0 spiro atoms. The number of carboxylic acid groups (broad SMARTS) is 3. The van der Waals surface area contributed by atoms with E-state index in [2.05, 4.69) is 0 Å². The molecule has 1 amide bonds. The van der Waals surface area contributed by atoms with Crippen LogP contribution >= 0.6 is 0 Å². The van der Waals surface area contributed by atoms with E-state index in [1.165, 1.54) is 0 Å². The maximum atomic E-state index is 10.4. The predicted octanol–water partition coefficient (Wildman–Crippen LogP) is -2.30. The molecular formula is C17H28N4O8. The molecule has 3 atom stereocenters. The summed E-state index contributed by atoms with van der Waals surface area (Å²) in [5, 5.41) is 32.6. The first kappa shape index (κ1) is 28.2. The number of aliphatic carboxylic acids is 3. The van der Waals surface area contributed by atoms with Crippen LogP contribution in [0.3, 0.4) is 0 Å². The average molecular weight is 416 g/mol. The van der Waals surface area contributed by atoms with Crippen molar-refractivity contribution in [2.45, 2.75) is 37.4 Å². The lowest BCUT2D eigenvalue weighted by molar-refractivity contribution is -0.140. The zero-order chi connectivity index (χ0) is 23.0. The van der Waals surface area contributed by atoms with Gasteiger partial charge in [-0.1, -0.05) is 30.3 Å². The molecule has 0 aliphatic heterocycles. The first-order chi connectivity index (χ1) is 13.4. The van der Waals surface area contributed by atoms with Gasteiger partial charge < -0.3 is 43.4 Å². The van der Waals surface area contributed by atoms with Crippen LogP contribution in [0.25, 0.3) is 0 Å². The van der Waals surface area contributed by atoms with E-state index in [0.29, 0.717) is 6.42 Å². The summed E-state index contributed by atoms with van der Waals surface area (Å²) in [5.41, 5.74) is 20.9. The van der Waals surface area contributed by atoms with Crippen LogP contribution in [0.15, 0.2) is 30.3 Å². The minimum Gasteiger partial charge on any atom is -0.480 e. The van der Waals surface area contributed by atoms with Crippen molar-refractivity contribution in [2.24, 2.45) is 22.9 Å². The molecule has 164 valence electrons. The molecule has 0 heterocycles. The van der Waals surface area contributed by atoms with Crippen molar-refractivity contribution in [2.75, 3.05) is 6.61 Å². The minimum atomic E-state index is -1.18. The summed E-state index contributed by atoms with van der Waals surface area (Å²) in [5.74, 6) is -3.78. The number of aliphatic hydroxyl groups excluding tert-OH is 1. The number of nitrogens with two attached hydrogens (primary N) is 4. The SMILES string of the molecule is NC(=O)CCC(N)C(=O)O.NC(CO)C(=O)O.NC(Cc1ccccc1)C(=O)O. The van der Waals surface area contributed by atoms with Gasteiger partial charge in [0.25, 0.3) is 0 Å². The second-order valence-corrected chi connectivity index (χ2v) is 5.71. The van der Waals surface area contributed by atoms with Crippen molar-refractivity contribution in [3.05, 3.63) is 35.9 Å². The van der Waals surface area contributed by atoms with Gasteiger partial charge >= 0.3 is 17.9 Å². The van der Waals surface area contributed by atoms with Crippen molar-refractivity contribution >= 4 is 23.8 Å². The normalized spacial score (nSPS) is 12.7. The first-order valence-corrected chi connectivity index (χ1v) is 8.30. The van der Waals surface area contributed by atoms with E-state index < -0.39 is 48.5 Å². The smallest absolute Gasteiger partial charge is 0.322 e. The van der Waals surface area contributed by atoms with Crippen LogP contribution in [0.1, 0.15) is 18.4 Å². The molecule has 12 heteroatoms. The van der Waals surface area contributed by atoms with Gasteiger partial charge in [0.05, 0.1) is 6.61 Å². The van der Waals surface area contributed by atoms with Crippen molar-refractivity contribution < 1.29 is 39.6 Å². The minimum absolute atomic E-state index is 0.0213. The molecule has 0 aliphatic carbocycles. The predicted molar refractivity (Wildman–Crippen MR) is 102 cm³/mol. The van der Waals surface area contributed by atoms with E-state index >= 15 is 0 Å². The van der Waals surface area contributed by atoms with Crippen LogP contribution in [0, 0.1) is 0 Å². The number of aliphatic hydroxyl groups is 1. The molecule has 0 bridgehead atoms. The van der Waals surface area contributed by atoms with Crippen LogP contribution in [-0.4, -0.2) is 69.0 Å². The molecule has 29 heavy (non-hydrogen) atoms. The van der Waals surface area contributed by atoms with Gasteiger partial charge in [0.15, 0.2) is 0 Å². The van der Waals surface area contributed by atoms with E-state index in [-0.39, 0.29) is 12.8 Å². The third-order valence-electron chi connectivity index (χ3n) is 3.15. The summed E-state index contributed by atoms with van der Waals surface area (Å²) in [6, 6.07) is 6.44. The highest BCUT2D eigenvalue weighted by Gasteiger charge is 2.12. The van der Waals surface area contributed by atoms with Crippen molar-refractivity contribution in [1.82, 2.24) is 0 Å². The van der Waals surface area contributed by atoms with Crippen LogP contribution < -0.4 is 22.9 Å². The van der Waals surface area contributed by atoms with Crippen molar-refractivity contribution in [3.63, 3.8) is 0 Å². The Kier molecular flexibility index (Phi) is 15.5. The number of primary amides is 1. The Bertz CT molecular complexity index is 642. The zero-order valence-corrected chi connectivity index (χ0v) is 15.7. The summed E-state index contributed by atoms with van der Waals surface area (Å²) in [6.07, 6.45) is 0.508. The fourth-order valence-electron chi connectivity index (χ4n) is 1.45. The highest BCUT2D eigenvalue weighted by atomic mass is 16.4. The molecule has 0 radical (unpaired) electrons. The number of rotatable bonds is 9. The lowest BCUT2D eigenvalue weighted by atomic mass is 10.1. The number of amides is 1. The number of hydrogen-bond acceptors (Lipinski definition) is 8. The van der Waals surface area contributed by atoms with Crippen LogP contribution in [-0.2, 0) is 25.6 Å². The molecule has 0 saturated heterocycles. The third-order valence-corrected chi connectivity index (χ3v) is 3.15. The molecular weight excluding hydrogens is 388 g/mol. The molecule has 12 nitrogen and oxygen atoms in total. The fraction of sp³-hybridized carbons (Fsp3) is 0.412. The Hall–Kier alpha value is -3.06. The fourth-order valence-corrected chi connectivity index (χ4v) is 1.45. The average Bonchev–Trinajstić information content (AvgIpc) is 2.66. The molecule has 1 aromatic carbocycles. The van der Waals surface area contributed by atoms with Gasteiger partial charge in [0.1, 0.15) is 18.1 Å². The number of benzene rings is 1. The topological polar surface area (TPSA) is 253 Å². The summed E-state index contributed by atoms with van der Waals surface area (Å²) >= 11 is 0. The third kappa shape index (κ3) is 16.8. The zero-order valence-electron chi connectivity index (χ0n) is 15.7. The standard InChI is InChI=1S/C9H11NO2.C5H10N2O3.C3H7NO3/c10-8(9(11)12)6-7-4-2-1-3-5-7;6-3(5(9)10)1-2-4(7)8;4-2(1-5)3(6)7/h1-5,8H,6,10H2,(H,11,12);3H,1-2,6H2,(H2,7,8)(H,9,10);2,5H,1,4H2,(H,6,7). The van der Waals surface area contributed by atoms with Crippen LogP contribution in [0.4, 0.5) is 0 Å². The van der Waals surface area contributed by atoms with E-state index in [0.717, 1.165) is 5.56 Å². The molecule has 0 aliphatic rings. The Morgan fingerprint density at radius 2 is 1.24 bits per heavy atom. The van der Waals surface area contributed by atoms with Gasteiger partial charge in [0, 0.05) is 6.42 Å². The Labute approximate surface area is 167 Å². The number of carbonyl (C=O) groups excluding carboxylic acids is 1. The molecule has 1 rings (SSSR count). The van der Waals surface area contributed by atoms with E-state index in [4.69, 9.17) is 43.4 Å².